The van der Waals surface area contributed by atoms with Crippen LogP contribution < -0.4 is 5.56 Å². The lowest BCUT2D eigenvalue weighted by molar-refractivity contribution is 0.151. The van der Waals surface area contributed by atoms with Crippen LogP contribution in [0.2, 0.25) is 0 Å². The number of hydrogen-bond acceptors (Lipinski definition) is 4. The summed E-state index contributed by atoms with van der Waals surface area (Å²) < 4.78 is 1.60. The first kappa shape index (κ1) is 11.9. The van der Waals surface area contributed by atoms with Crippen LogP contribution in [0.5, 0.6) is 0 Å². The van der Waals surface area contributed by atoms with Crippen LogP contribution in [0.4, 0.5) is 0 Å². The van der Waals surface area contributed by atoms with Gasteiger partial charge in [-0.3, -0.25) is 14.1 Å². The molecule has 96 valence electrons. The molecule has 1 unspecified atom stereocenters. The molecule has 1 atom stereocenters. The fourth-order valence-corrected chi connectivity index (χ4v) is 3.31. The van der Waals surface area contributed by atoms with E-state index in [0.29, 0.717) is 6.04 Å². The van der Waals surface area contributed by atoms with Crippen molar-refractivity contribution >= 4 is 16.3 Å². The van der Waals surface area contributed by atoms with E-state index in [4.69, 9.17) is 0 Å². The van der Waals surface area contributed by atoms with Crippen LogP contribution in [-0.4, -0.2) is 26.9 Å². The molecule has 4 nitrogen and oxygen atoms in total. The molecule has 0 radical (unpaired) electrons. The fraction of sp³-hybridized carbons (Fsp3) is 0.538. The summed E-state index contributed by atoms with van der Waals surface area (Å²) in [4.78, 5) is 19.7. The van der Waals surface area contributed by atoms with Gasteiger partial charge in [0.25, 0.3) is 5.56 Å². The maximum atomic E-state index is 11.9. The second-order valence-corrected chi connectivity index (χ2v) is 5.83. The zero-order valence-corrected chi connectivity index (χ0v) is 11.3. The van der Waals surface area contributed by atoms with E-state index in [1.165, 1.54) is 30.6 Å². The van der Waals surface area contributed by atoms with Gasteiger partial charge in [0, 0.05) is 30.2 Å². The number of aromatic nitrogens is 2. The van der Waals surface area contributed by atoms with Crippen molar-refractivity contribution in [2.75, 3.05) is 6.54 Å². The van der Waals surface area contributed by atoms with Gasteiger partial charge in [-0.2, -0.15) is 0 Å². The van der Waals surface area contributed by atoms with Crippen molar-refractivity contribution in [1.82, 2.24) is 14.3 Å². The summed E-state index contributed by atoms with van der Waals surface area (Å²) in [6, 6.07) is 2.27. The average molecular weight is 263 g/mol. The largest absolute Gasteiger partial charge is 0.295 e. The molecule has 0 aromatic carbocycles. The second kappa shape index (κ2) is 4.82. The van der Waals surface area contributed by atoms with Gasteiger partial charge in [-0.1, -0.05) is 6.42 Å². The maximum Gasteiger partial charge on any atom is 0.258 e. The zero-order chi connectivity index (χ0) is 12.5. The highest BCUT2D eigenvalue weighted by molar-refractivity contribution is 7.15. The lowest BCUT2D eigenvalue weighted by Gasteiger charge is -2.32. The van der Waals surface area contributed by atoms with Crippen molar-refractivity contribution in [3.63, 3.8) is 0 Å². The van der Waals surface area contributed by atoms with Crippen LogP contribution in [0.3, 0.4) is 0 Å². The molecule has 0 bridgehead atoms. The Morgan fingerprint density at radius 2 is 2.39 bits per heavy atom. The van der Waals surface area contributed by atoms with Gasteiger partial charge in [-0.15, -0.1) is 11.3 Å². The van der Waals surface area contributed by atoms with E-state index < -0.39 is 0 Å². The Bertz CT molecular complexity index is 604. The van der Waals surface area contributed by atoms with E-state index in [2.05, 4.69) is 16.8 Å². The number of likely N-dealkylation sites (tertiary alicyclic amines) is 1. The summed E-state index contributed by atoms with van der Waals surface area (Å²) in [6.07, 6.45) is 5.60. The van der Waals surface area contributed by atoms with Gasteiger partial charge in [-0.05, 0) is 26.3 Å². The molecule has 1 saturated heterocycles. The monoisotopic (exact) mass is 263 g/mol. The zero-order valence-electron chi connectivity index (χ0n) is 10.5. The minimum absolute atomic E-state index is 0.0286. The van der Waals surface area contributed by atoms with Crippen molar-refractivity contribution in [2.24, 2.45) is 0 Å². The van der Waals surface area contributed by atoms with Crippen molar-refractivity contribution in [3.8, 4) is 0 Å². The molecule has 0 N–H and O–H groups in total. The Morgan fingerprint density at radius 1 is 1.50 bits per heavy atom. The molecule has 3 heterocycles. The normalized spacial score (nSPS) is 21.5. The molecular weight excluding hydrogens is 246 g/mol. The molecule has 0 amide bonds. The Balaban J connectivity index is 1.87. The van der Waals surface area contributed by atoms with Crippen LogP contribution in [0.25, 0.3) is 4.96 Å². The van der Waals surface area contributed by atoms with E-state index >= 15 is 0 Å². The summed E-state index contributed by atoms with van der Waals surface area (Å²) in [5, 5.41) is 1.90. The number of fused-ring (bicyclic) bond motifs is 1. The van der Waals surface area contributed by atoms with Gasteiger partial charge in [0.15, 0.2) is 4.96 Å². The molecule has 3 rings (SSSR count). The summed E-state index contributed by atoms with van der Waals surface area (Å²) in [5.74, 6) is 0. The molecule has 5 heteroatoms. The summed E-state index contributed by atoms with van der Waals surface area (Å²) in [7, 11) is 0. The van der Waals surface area contributed by atoms with Gasteiger partial charge in [0.1, 0.15) is 0 Å². The number of rotatable bonds is 2. The molecule has 1 aliphatic heterocycles. The van der Waals surface area contributed by atoms with Crippen molar-refractivity contribution in [1.29, 1.82) is 0 Å². The predicted octanol–water partition coefficient (Wildman–Crippen LogP) is 2.13. The highest BCUT2D eigenvalue weighted by Crippen LogP contribution is 2.18. The third-order valence-electron chi connectivity index (χ3n) is 3.66. The number of piperidine rings is 1. The molecule has 1 aliphatic rings. The molecule has 0 spiro atoms. The molecule has 1 fully saturated rings. The average Bonchev–Trinajstić information content (AvgIpc) is 2.81. The summed E-state index contributed by atoms with van der Waals surface area (Å²) in [6.45, 7) is 4.17. The molecular formula is C13H17N3OS. The number of nitrogens with zero attached hydrogens (tertiary/aromatic N) is 3. The Hall–Kier alpha value is -1.20. The van der Waals surface area contributed by atoms with E-state index in [1.807, 2.05) is 5.38 Å². The molecule has 0 saturated carbocycles. The van der Waals surface area contributed by atoms with Gasteiger partial charge in [0.05, 0.1) is 5.69 Å². The van der Waals surface area contributed by atoms with Gasteiger partial charge in [0.2, 0.25) is 0 Å². The standard InChI is InChI=1S/C13H17N3OS/c1-10-4-2-3-5-15(10)9-11-8-12(17)16-6-7-18-13(16)14-11/h6-8,10H,2-5,9H2,1H3. The lowest BCUT2D eigenvalue weighted by atomic mass is 10.0. The SMILES string of the molecule is CC1CCCCN1Cc1cc(=O)n2ccsc2n1. The summed E-state index contributed by atoms with van der Waals surface area (Å²) in [5.41, 5.74) is 0.928. The quantitative estimate of drug-likeness (QED) is 0.833. The van der Waals surface area contributed by atoms with Gasteiger partial charge in [-0.25, -0.2) is 4.98 Å². The van der Waals surface area contributed by atoms with Gasteiger partial charge < -0.3 is 0 Å². The highest BCUT2D eigenvalue weighted by Gasteiger charge is 2.19. The van der Waals surface area contributed by atoms with Crippen LogP contribution in [0.15, 0.2) is 22.4 Å². The minimum atomic E-state index is 0.0286. The van der Waals surface area contributed by atoms with E-state index in [9.17, 15) is 4.79 Å². The first-order valence-electron chi connectivity index (χ1n) is 6.44. The van der Waals surface area contributed by atoms with Crippen molar-refractivity contribution in [3.05, 3.63) is 33.7 Å². The van der Waals surface area contributed by atoms with Crippen molar-refractivity contribution < 1.29 is 0 Å². The maximum absolute atomic E-state index is 11.9. The Kier molecular flexibility index (Phi) is 3.18. The van der Waals surface area contributed by atoms with E-state index in [0.717, 1.165) is 23.7 Å². The van der Waals surface area contributed by atoms with Crippen LogP contribution in [0.1, 0.15) is 31.9 Å². The minimum Gasteiger partial charge on any atom is -0.295 e. The third kappa shape index (κ3) is 2.20. The Morgan fingerprint density at radius 3 is 3.22 bits per heavy atom. The number of hydrogen-bond donors (Lipinski definition) is 0. The fourth-order valence-electron chi connectivity index (χ4n) is 2.57. The summed E-state index contributed by atoms with van der Waals surface area (Å²) >= 11 is 1.51. The predicted molar refractivity (Wildman–Crippen MR) is 73.1 cm³/mol. The van der Waals surface area contributed by atoms with Crippen LogP contribution >= 0.6 is 11.3 Å². The van der Waals surface area contributed by atoms with Crippen molar-refractivity contribution in [2.45, 2.75) is 38.8 Å². The van der Waals surface area contributed by atoms with Crippen LogP contribution in [-0.2, 0) is 6.54 Å². The van der Waals surface area contributed by atoms with Crippen LogP contribution in [0, 0.1) is 0 Å². The first-order valence-corrected chi connectivity index (χ1v) is 7.32. The molecule has 18 heavy (non-hydrogen) atoms. The lowest BCUT2D eigenvalue weighted by Crippen LogP contribution is -2.37. The number of thiazole rings is 1. The molecule has 2 aromatic heterocycles. The first-order chi connectivity index (χ1) is 8.74. The molecule has 2 aromatic rings. The third-order valence-corrected chi connectivity index (χ3v) is 4.42. The molecule has 0 aliphatic carbocycles. The second-order valence-electron chi connectivity index (χ2n) is 4.96. The smallest absolute Gasteiger partial charge is 0.258 e. The van der Waals surface area contributed by atoms with Gasteiger partial charge >= 0.3 is 0 Å². The van der Waals surface area contributed by atoms with E-state index in [1.54, 1.807) is 16.7 Å². The topological polar surface area (TPSA) is 37.6 Å². The Labute approximate surface area is 110 Å². The van der Waals surface area contributed by atoms with E-state index in [-0.39, 0.29) is 5.56 Å². The highest BCUT2D eigenvalue weighted by atomic mass is 32.1.